The van der Waals surface area contributed by atoms with E-state index in [1.165, 1.54) is 0 Å². The van der Waals surface area contributed by atoms with Crippen LogP contribution in [0.25, 0.3) is 0 Å². The van der Waals surface area contributed by atoms with Crippen molar-refractivity contribution in [3.8, 4) is 0 Å². The lowest BCUT2D eigenvalue weighted by atomic mass is 9.96. The summed E-state index contributed by atoms with van der Waals surface area (Å²) >= 11 is 0. The number of rotatable bonds is 13. The number of nitrogens with two attached hydrogens (primary N) is 5. The van der Waals surface area contributed by atoms with Gasteiger partial charge in [0.1, 0.15) is 0 Å². The van der Waals surface area contributed by atoms with Crippen LogP contribution in [-0.4, -0.2) is 86.1 Å². The largest absolute Gasteiger partial charge is 0.481 e. The summed E-state index contributed by atoms with van der Waals surface area (Å²) in [5.41, 5.74) is 29.6. The summed E-state index contributed by atoms with van der Waals surface area (Å²) in [5.74, 6) is -4.17. The Morgan fingerprint density at radius 2 is 0.650 bits per heavy atom. The van der Waals surface area contributed by atoms with Gasteiger partial charge in [0.15, 0.2) is 0 Å². The van der Waals surface area contributed by atoms with Gasteiger partial charge in [0, 0.05) is 58.8 Å². The van der Waals surface area contributed by atoms with Crippen molar-refractivity contribution in [2.24, 2.45) is 28.7 Å². The maximum Gasteiger partial charge on any atom is 0.300 e. The second-order valence-electron chi connectivity index (χ2n) is 8.71. The first kappa shape index (κ1) is 50.0. The van der Waals surface area contributed by atoms with Crippen LogP contribution >= 0.6 is 0 Å². The zero-order valence-corrected chi connectivity index (χ0v) is 25.0. The Bertz CT molecular complexity index is 535. The molecule has 4 unspecified atom stereocenters. The molecule has 15 heteroatoms. The average Bonchev–Trinajstić information content (AvgIpc) is 2.76. The summed E-state index contributed by atoms with van der Waals surface area (Å²) in [6.45, 7) is 8.24. The molecule has 4 atom stereocenters. The first-order chi connectivity index (χ1) is 18.1. The van der Waals surface area contributed by atoms with Crippen molar-refractivity contribution in [2.75, 3.05) is 6.54 Å². The van der Waals surface area contributed by atoms with Gasteiger partial charge in [0.2, 0.25) is 0 Å². The molecule has 0 heterocycles. The number of carbonyl (C=O) groups is 5. The van der Waals surface area contributed by atoms with Crippen LogP contribution in [0.3, 0.4) is 0 Å². The van der Waals surface area contributed by atoms with Gasteiger partial charge in [-0.2, -0.15) is 0 Å². The topological polar surface area (TPSA) is 317 Å². The fourth-order valence-corrected chi connectivity index (χ4v) is 2.30. The predicted octanol–water partition coefficient (Wildman–Crippen LogP) is 1.24. The number of hydrogen-bond donors (Lipinski definition) is 10. The molecule has 0 aromatic carbocycles. The lowest BCUT2D eigenvalue weighted by Crippen LogP contribution is -2.30. The van der Waals surface area contributed by atoms with Crippen LogP contribution in [0.15, 0.2) is 0 Å². The van der Waals surface area contributed by atoms with Crippen molar-refractivity contribution < 1.29 is 49.5 Å². The molecule has 0 spiro atoms. The Labute approximate surface area is 238 Å². The third-order valence-electron chi connectivity index (χ3n) is 4.03. The van der Waals surface area contributed by atoms with Crippen molar-refractivity contribution in [3.05, 3.63) is 0 Å². The summed E-state index contributed by atoms with van der Waals surface area (Å²) in [6, 6.07) is 0.963. The lowest BCUT2D eigenvalue weighted by Gasteiger charge is -2.18. The molecule has 0 aliphatic heterocycles. The average molecular weight is 588 g/mol. The molecule has 15 N–H and O–H groups in total. The van der Waals surface area contributed by atoms with Crippen LogP contribution in [0.2, 0.25) is 0 Å². The van der Waals surface area contributed by atoms with Crippen molar-refractivity contribution >= 4 is 29.8 Å². The van der Waals surface area contributed by atoms with Crippen LogP contribution in [0.1, 0.15) is 99.3 Å². The Balaban J connectivity index is -0.000000116. The molecule has 15 nitrogen and oxygen atoms in total. The van der Waals surface area contributed by atoms with E-state index >= 15 is 0 Å². The van der Waals surface area contributed by atoms with Gasteiger partial charge in [0.05, 0.1) is 0 Å². The minimum Gasteiger partial charge on any atom is -0.481 e. The molecule has 0 bridgehead atoms. The number of carboxylic acid groups (broad SMARTS) is 5. The van der Waals surface area contributed by atoms with Gasteiger partial charge in [-0.05, 0) is 64.3 Å². The SMILES string of the molecule is CC(=O)O.CC(=O)O.CC(=O)O.CC(=O)O.CC(=O)O.CCC(N)CCC(N)CCC(N)CCC(N)CCCN. The van der Waals surface area contributed by atoms with Gasteiger partial charge in [-0.15, -0.1) is 0 Å². The van der Waals surface area contributed by atoms with Crippen LogP contribution in [0, 0.1) is 0 Å². The van der Waals surface area contributed by atoms with Crippen molar-refractivity contribution in [2.45, 2.75) is 123 Å². The number of aliphatic carboxylic acids is 5. The minimum atomic E-state index is -0.833. The smallest absolute Gasteiger partial charge is 0.300 e. The van der Waals surface area contributed by atoms with Gasteiger partial charge in [-0.1, -0.05) is 6.92 Å². The fourth-order valence-electron chi connectivity index (χ4n) is 2.30. The number of hydrogen-bond acceptors (Lipinski definition) is 10. The molecule has 0 fully saturated rings. The zero-order chi connectivity index (χ0) is 33.3. The van der Waals surface area contributed by atoms with E-state index in [2.05, 4.69) is 6.92 Å². The summed E-state index contributed by atoms with van der Waals surface area (Å²) < 4.78 is 0. The molecule has 0 rings (SSSR count). The van der Waals surface area contributed by atoms with Crippen molar-refractivity contribution in [1.29, 1.82) is 0 Å². The van der Waals surface area contributed by atoms with Gasteiger partial charge in [-0.3, -0.25) is 24.0 Å². The molecular formula is C25H57N5O10. The molecule has 0 radical (unpaired) electrons. The highest BCUT2D eigenvalue weighted by atomic mass is 16.4. The third kappa shape index (κ3) is 124. The molecule has 0 aromatic heterocycles. The standard InChI is InChI=1S/C15H37N5.5C2H4O2/c1-2-12(17)5-6-14(19)9-10-15(20)8-7-13(18)4-3-11-16;5*1-2(3)4/h12-15H,2-11,16-20H2,1H3;5*1H3,(H,3,4). The highest BCUT2D eigenvalue weighted by molar-refractivity contribution is 5.63. The summed E-state index contributed by atoms with van der Waals surface area (Å²) in [4.78, 5) is 45.0. The van der Waals surface area contributed by atoms with Gasteiger partial charge >= 0.3 is 0 Å². The molecule has 0 aliphatic rings. The van der Waals surface area contributed by atoms with Crippen LogP contribution < -0.4 is 28.7 Å². The van der Waals surface area contributed by atoms with Crippen LogP contribution in [0.4, 0.5) is 0 Å². The zero-order valence-electron chi connectivity index (χ0n) is 25.0. The van der Waals surface area contributed by atoms with Crippen molar-refractivity contribution in [3.63, 3.8) is 0 Å². The lowest BCUT2D eigenvalue weighted by molar-refractivity contribution is -0.135. The van der Waals surface area contributed by atoms with Crippen LogP contribution in [0.5, 0.6) is 0 Å². The summed E-state index contributed by atoms with van der Waals surface area (Å²) in [6.07, 6.45) is 8.95. The molecule has 0 amide bonds. The van der Waals surface area contributed by atoms with E-state index in [0.717, 1.165) is 92.4 Å². The third-order valence-corrected chi connectivity index (χ3v) is 4.03. The first-order valence-electron chi connectivity index (χ1n) is 12.9. The second-order valence-corrected chi connectivity index (χ2v) is 8.71. The molecule has 0 aromatic rings. The molecular weight excluding hydrogens is 530 g/mol. The Hall–Kier alpha value is -2.85. The van der Waals surface area contributed by atoms with Gasteiger partial charge in [0.25, 0.3) is 29.8 Å². The van der Waals surface area contributed by atoms with E-state index in [-0.39, 0.29) is 24.2 Å². The van der Waals surface area contributed by atoms with Crippen LogP contribution in [-0.2, 0) is 24.0 Å². The predicted molar refractivity (Wildman–Crippen MR) is 155 cm³/mol. The van der Waals surface area contributed by atoms with Gasteiger partial charge < -0.3 is 54.2 Å². The Kier molecular flexibility index (Phi) is 47.9. The molecule has 0 saturated carbocycles. The summed E-state index contributed by atoms with van der Waals surface area (Å²) in [7, 11) is 0. The van der Waals surface area contributed by atoms with E-state index in [4.69, 9.17) is 78.2 Å². The van der Waals surface area contributed by atoms with E-state index in [1.54, 1.807) is 0 Å². The first-order valence-corrected chi connectivity index (χ1v) is 12.9. The maximum atomic E-state index is 9.00. The number of carboxylic acids is 5. The highest BCUT2D eigenvalue weighted by Crippen LogP contribution is 2.11. The molecule has 242 valence electrons. The maximum absolute atomic E-state index is 9.00. The van der Waals surface area contributed by atoms with E-state index in [0.29, 0.717) is 6.54 Å². The molecule has 0 saturated heterocycles. The highest BCUT2D eigenvalue weighted by Gasteiger charge is 2.11. The Morgan fingerprint density at radius 1 is 0.475 bits per heavy atom. The van der Waals surface area contributed by atoms with Gasteiger partial charge in [-0.25, -0.2) is 0 Å². The fraction of sp³-hybridized carbons (Fsp3) is 0.800. The van der Waals surface area contributed by atoms with E-state index in [9.17, 15) is 0 Å². The van der Waals surface area contributed by atoms with E-state index in [1.807, 2.05) is 0 Å². The normalized spacial score (nSPS) is 12.0. The van der Waals surface area contributed by atoms with Crippen molar-refractivity contribution in [1.82, 2.24) is 0 Å². The van der Waals surface area contributed by atoms with E-state index < -0.39 is 29.8 Å². The molecule has 40 heavy (non-hydrogen) atoms. The molecule has 0 aliphatic carbocycles. The quantitative estimate of drug-likeness (QED) is 0.145. The minimum absolute atomic E-state index is 0.213. The Morgan fingerprint density at radius 3 is 0.825 bits per heavy atom. The summed E-state index contributed by atoms with van der Waals surface area (Å²) in [5, 5.41) is 37.1. The monoisotopic (exact) mass is 587 g/mol. The second kappa shape index (κ2) is 38.3.